The third-order valence-corrected chi connectivity index (χ3v) is 1.97. The van der Waals surface area contributed by atoms with Crippen molar-refractivity contribution in [2.75, 3.05) is 13.6 Å². The minimum atomic E-state index is 0.718. The Labute approximate surface area is 57.2 Å². The minimum Gasteiger partial charge on any atom is -0.252 e. The molecule has 1 N–H and O–H groups in total. The maximum absolute atomic E-state index is 3.39. The van der Waals surface area contributed by atoms with Gasteiger partial charge >= 0.3 is 0 Å². The summed E-state index contributed by atoms with van der Waals surface area (Å²) in [7, 11) is 2.10. The molecule has 1 saturated heterocycles. The van der Waals surface area contributed by atoms with Crippen molar-refractivity contribution in [3.05, 3.63) is 0 Å². The highest BCUT2D eigenvalue weighted by molar-refractivity contribution is 4.75. The molecule has 1 aliphatic heterocycles. The van der Waals surface area contributed by atoms with Crippen LogP contribution in [0.1, 0.15) is 20.3 Å². The van der Waals surface area contributed by atoms with E-state index in [1.807, 2.05) is 0 Å². The Morgan fingerprint density at radius 3 is 2.44 bits per heavy atom. The summed E-state index contributed by atoms with van der Waals surface area (Å²) >= 11 is 0. The van der Waals surface area contributed by atoms with Gasteiger partial charge in [-0.1, -0.05) is 13.8 Å². The molecule has 1 unspecified atom stereocenters. The lowest BCUT2D eigenvalue weighted by Gasteiger charge is -2.15. The molecule has 0 bridgehead atoms. The summed E-state index contributed by atoms with van der Waals surface area (Å²) in [6.07, 6.45) is 1.30. The zero-order valence-corrected chi connectivity index (χ0v) is 6.52. The summed E-state index contributed by atoms with van der Waals surface area (Å²) in [5.41, 5.74) is 3.39. The highest BCUT2D eigenvalue weighted by Crippen LogP contribution is 2.11. The first-order valence-electron chi connectivity index (χ1n) is 3.67. The Bertz CT molecular complexity index is 90.9. The highest BCUT2D eigenvalue weighted by atomic mass is 15.5. The van der Waals surface area contributed by atoms with E-state index < -0.39 is 0 Å². The van der Waals surface area contributed by atoms with Crippen LogP contribution in [0.25, 0.3) is 0 Å². The van der Waals surface area contributed by atoms with Gasteiger partial charge in [-0.2, -0.15) is 0 Å². The van der Waals surface area contributed by atoms with Gasteiger partial charge in [0, 0.05) is 19.6 Å². The van der Waals surface area contributed by atoms with Gasteiger partial charge in [0.15, 0.2) is 0 Å². The second-order valence-electron chi connectivity index (χ2n) is 3.19. The van der Waals surface area contributed by atoms with Crippen molar-refractivity contribution in [3.63, 3.8) is 0 Å². The van der Waals surface area contributed by atoms with Gasteiger partial charge in [-0.15, -0.1) is 0 Å². The molecule has 0 spiro atoms. The maximum atomic E-state index is 3.39. The first kappa shape index (κ1) is 7.03. The van der Waals surface area contributed by atoms with Crippen LogP contribution in [0.15, 0.2) is 0 Å². The van der Waals surface area contributed by atoms with E-state index >= 15 is 0 Å². The number of nitrogens with one attached hydrogen (secondary N) is 1. The minimum absolute atomic E-state index is 0.718. The number of nitrogens with zero attached hydrogens (tertiary/aromatic N) is 1. The molecule has 0 aromatic heterocycles. The Kier molecular flexibility index (Phi) is 2.09. The van der Waals surface area contributed by atoms with Crippen molar-refractivity contribution in [3.8, 4) is 0 Å². The molecule has 2 heteroatoms. The zero-order valence-electron chi connectivity index (χ0n) is 6.52. The van der Waals surface area contributed by atoms with Crippen molar-refractivity contribution < 1.29 is 0 Å². The van der Waals surface area contributed by atoms with Crippen molar-refractivity contribution in [1.29, 1.82) is 0 Å². The summed E-state index contributed by atoms with van der Waals surface area (Å²) in [6.45, 7) is 5.72. The van der Waals surface area contributed by atoms with Crippen molar-refractivity contribution >= 4 is 0 Å². The van der Waals surface area contributed by atoms with E-state index in [0.29, 0.717) is 0 Å². The van der Waals surface area contributed by atoms with E-state index in [1.165, 1.54) is 13.0 Å². The van der Waals surface area contributed by atoms with Crippen LogP contribution in [-0.2, 0) is 0 Å². The van der Waals surface area contributed by atoms with E-state index in [1.54, 1.807) is 0 Å². The van der Waals surface area contributed by atoms with Crippen LogP contribution in [0.2, 0.25) is 0 Å². The first-order valence-corrected chi connectivity index (χ1v) is 3.67. The average molecular weight is 128 g/mol. The Morgan fingerprint density at radius 2 is 2.22 bits per heavy atom. The fraction of sp³-hybridized carbons (Fsp3) is 1.00. The largest absolute Gasteiger partial charge is 0.252 e. The molecule has 0 aromatic rings. The van der Waals surface area contributed by atoms with Crippen molar-refractivity contribution in [2.24, 2.45) is 5.92 Å². The summed E-state index contributed by atoms with van der Waals surface area (Å²) in [6, 6.07) is 0.718. The molecule has 0 radical (unpaired) electrons. The van der Waals surface area contributed by atoms with Crippen molar-refractivity contribution in [1.82, 2.24) is 10.4 Å². The zero-order chi connectivity index (χ0) is 6.85. The van der Waals surface area contributed by atoms with E-state index in [0.717, 1.165) is 12.0 Å². The molecule has 0 amide bonds. The van der Waals surface area contributed by atoms with Crippen molar-refractivity contribution in [2.45, 2.75) is 26.3 Å². The van der Waals surface area contributed by atoms with Gasteiger partial charge in [0.2, 0.25) is 0 Å². The maximum Gasteiger partial charge on any atom is 0.0250 e. The molecule has 1 rings (SSSR count). The van der Waals surface area contributed by atoms with Crippen LogP contribution < -0.4 is 5.43 Å². The molecule has 0 saturated carbocycles. The van der Waals surface area contributed by atoms with E-state index in [9.17, 15) is 0 Å². The molecule has 2 nitrogen and oxygen atoms in total. The number of hydrazine groups is 1. The van der Waals surface area contributed by atoms with Gasteiger partial charge in [-0.05, 0) is 12.3 Å². The molecule has 1 heterocycles. The van der Waals surface area contributed by atoms with Gasteiger partial charge in [0.05, 0.1) is 0 Å². The third kappa shape index (κ3) is 1.66. The van der Waals surface area contributed by atoms with Gasteiger partial charge < -0.3 is 0 Å². The standard InChI is InChI=1S/C7H16N2/c1-6(2)7-4-5-9(3)8-7/h6-8H,4-5H2,1-3H3. The fourth-order valence-corrected chi connectivity index (χ4v) is 1.23. The summed E-state index contributed by atoms with van der Waals surface area (Å²) in [4.78, 5) is 0. The van der Waals surface area contributed by atoms with Crippen LogP contribution in [0.5, 0.6) is 0 Å². The summed E-state index contributed by atoms with van der Waals surface area (Å²) < 4.78 is 0. The molecular weight excluding hydrogens is 112 g/mol. The second kappa shape index (κ2) is 2.67. The van der Waals surface area contributed by atoms with E-state index in [-0.39, 0.29) is 0 Å². The van der Waals surface area contributed by atoms with Gasteiger partial charge in [-0.25, -0.2) is 5.01 Å². The summed E-state index contributed by atoms with van der Waals surface area (Å²) in [5.74, 6) is 0.773. The van der Waals surface area contributed by atoms with Crippen LogP contribution in [0.4, 0.5) is 0 Å². The van der Waals surface area contributed by atoms with Crippen LogP contribution in [0, 0.1) is 5.92 Å². The molecular formula is C7H16N2. The number of hydrogen-bond acceptors (Lipinski definition) is 2. The normalized spacial score (nSPS) is 30.0. The Hall–Kier alpha value is -0.0800. The average Bonchev–Trinajstić information content (AvgIpc) is 2.14. The monoisotopic (exact) mass is 128 g/mol. The molecule has 54 valence electrons. The van der Waals surface area contributed by atoms with Crippen LogP contribution in [0.3, 0.4) is 0 Å². The smallest absolute Gasteiger partial charge is 0.0250 e. The Morgan fingerprint density at radius 1 is 1.56 bits per heavy atom. The predicted molar refractivity (Wildman–Crippen MR) is 39.0 cm³/mol. The lowest BCUT2D eigenvalue weighted by Crippen LogP contribution is -2.34. The topological polar surface area (TPSA) is 15.3 Å². The summed E-state index contributed by atoms with van der Waals surface area (Å²) in [5, 5.41) is 2.17. The third-order valence-electron chi connectivity index (χ3n) is 1.97. The predicted octanol–water partition coefficient (Wildman–Crippen LogP) is 0.851. The lowest BCUT2D eigenvalue weighted by atomic mass is 10.0. The molecule has 1 atom stereocenters. The molecule has 0 aliphatic carbocycles. The quantitative estimate of drug-likeness (QED) is 0.563. The number of hydrogen-bond donors (Lipinski definition) is 1. The van der Waals surface area contributed by atoms with Gasteiger partial charge in [-0.3, -0.25) is 5.43 Å². The lowest BCUT2D eigenvalue weighted by molar-refractivity contribution is 0.268. The van der Waals surface area contributed by atoms with Crippen LogP contribution >= 0.6 is 0 Å². The molecule has 0 aromatic carbocycles. The SMILES string of the molecule is CC(C)C1CCN(C)N1. The Balaban J connectivity index is 2.30. The first-order chi connectivity index (χ1) is 4.20. The fourth-order valence-electron chi connectivity index (χ4n) is 1.23. The van der Waals surface area contributed by atoms with E-state index in [2.05, 4.69) is 31.3 Å². The highest BCUT2D eigenvalue weighted by Gasteiger charge is 2.20. The molecule has 9 heavy (non-hydrogen) atoms. The van der Waals surface area contributed by atoms with E-state index in [4.69, 9.17) is 0 Å². The van der Waals surface area contributed by atoms with Gasteiger partial charge in [0.25, 0.3) is 0 Å². The number of rotatable bonds is 1. The van der Waals surface area contributed by atoms with Crippen LogP contribution in [-0.4, -0.2) is 24.6 Å². The van der Waals surface area contributed by atoms with Gasteiger partial charge in [0.1, 0.15) is 0 Å². The second-order valence-corrected chi connectivity index (χ2v) is 3.19. The molecule has 1 fully saturated rings. The molecule has 1 aliphatic rings.